The van der Waals surface area contributed by atoms with Crippen LogP contribution in [0.2, 0.25) is 0 Å². The molecule has 1 unspecified atom stereocenters. The lowest BCUT2D eigenvalue weighted by Crippen LogP contribution is -2.42. The maximum atomic E-state index is 13.3. The van der Waals surface area contributed by atoms with Crippen molar-refractivity contribution in [1.82, 2.24) is 19.2 Å². The lowest BCUT2D eigenvalue weighted by atomic mass is 10.1. The minimum absolute atomic E-state index is 0.0329. The van der Waals surface area contributed by atoms with Crippen molar-refractivity contribution in [2.24, 2.45) is 7.05 Å². The van der Waals surface area contributed by atoms with Crippen molar-refractivity contribution < 1.29 is 17.9 Å². The summed E-state index contributed by atoms with van der Waals surface area (Å²) in [5.41, 5.74) is 0.286. The fourth-order valence-electron chi connectivity index (χ4n) is 3.60. The Morgan fingerprint density at radius 3 is 2.79 bits per heavy atom. The Morgan fingerprint density at radius 2 is 2.14 bits per heavy atom. The molecular formula is C20H28N4O4S. The summed E-state index contributed by atoms with van der Waals surface area (Å²) in [6, 6.07) is 4.45. The van der Waals surface area contributed by atoms with E-state index in [4.69, 9.17) is 4.74 Å². The predicted molar refractivity (Wildman–Crippen MR) is 109 cm³/mol. The number of carbonyl (C=O) groups is 1. The van der Waals surface area contributed by atoms with Gasteiger partial charge < -0.3 is 14.6 Å². The van der Waals surface area contributed by atoms with Crippen LogP contribution in [0.15, 0.2) is 35.5 Å². The van der Waals surface area contributed by atoms with Gasteiger partial charge in [0, 0.05) is 50.6 Å². The first kappa shape index (κ1) is 21.3. The molecule has 1 atom stereocenters. The number of aromatic nitrogens is 2. The van der Waals surface area contributed by atoms with E-state index in [1.54, 1.807) is 12.3 Å². The first-order valence-corrected chi connectivity index (χ1v) is 11.2. The van der Waals surface area contributed by atoms with Crippen LogP contribution in [0.3, 0.4) is 0 Å². The second-order valence-electron chi connectivity index (χ2n) is 7.29. The van der Waals surface area contributed by atoms with Gasteiger partial charge in [-0.05, 0) is 38.0 Å². The Labute approximate surface area is 171 Å². The molecule has 2 heterocycles. The van der Waals surface area contributed by atoms with E-state index in [9.17, 15) is 13.2 Å². The maximum Gasteiger partial charge on any atom is 0.251 e. The predicted octanol–water partition coefficient (Wildman–Crippen LogP) is 1.96. The van der Waals surface area contributed by atoms with Crippen LogP contribution < -0.4 is 10.1 Å². The Kier molecular flexibility index (Phi) is 6.59. The van der Waals surface area contributed by atoms with Crippen LogP contribution in [0.5, 0.6) is 5.75 Å². The van der Waals surface area contributed by atoms with Gasteiger partial charge in [0.2, 0.25) is 10.0 Å². The monoisotopic (exact) mass is 420 g/mol. The second-order valence-corrected chi connectivity index (χ2v) is 9.15. The Morgan fingerprint density at radius 1 is 1.34 bits per heavy atom. The molecule has 158 valence electrons. The molecule has 0 spiro atoms. The van der Waals surface area contributed by atoms with Gasteiger partial charge in [-0.15, -0.1) is 0 Å². The number of imidazole rings is 1. The first-order chi connectivity index (χ1) is 13.8. The summed E-state index contributed by atoms with van der Waals surface area (Å²) >= 11 is 0. The largest absolute Gasteiger partial charge is 0.495 e. The minimum atomic E-state index is -3.76. The van der Waals surface area contributed by atoms with Crippen molar-refractivity contribution in [3.63, 3.8) is 0 Å². The molecule has 1 aliphatic heterocycles. The van der Waals surface area contributed by atoms with Crippen LogP contribution in [0.1, 0.15) is 42.4 Å². The van der Waals surface area contributed by atoms with E-state index in [0.717, 1.165) is 25.1 Å². The van der Waals surface area contributed by atoms with Crippen molar-refractivity contribution in [2.45, 2.75) is 43.5 Å². The zero-order valence-electron chi connectivity index (χ0n) is 17.1. The van der Waals surface area contributed by atoms with E-state index in [1.807, 2.05) is 24.7 Å². The molecule has 0 aliphatic carbocycles. The number of ether oxygens (including phenoxy) is 1. The Balaban J connectivity index is 1.79. The molecule has 1 aromatic heterocycles. The average molecular weight is 421 g/mol. The van der Waals surface area contributed by atoms with Gasteiger partial charge in [0.05, 0.1) is 7.11 Å². The van der Waals surface area contributed by atoms with Crippen LogP contribution in [0.4, 0.5) is 0 Å². The van der Waals surface area contributed by atoms with Crippen LogP contribution in [0.25, 0.3) is 0 Å². The maximum absolute atomic E-state index is 13.3. The molecule has 9 heteroatoms. The van der Waals surface area contributed by atoms with Crippen molar-refractivity contribution in [3.8, 4) is 5.75 Å². The van der Waals surface area contributed by atoms with Crippen molar-refractivity contribution in [1.29, 1.82) is 0 Å². The second kappa shape index (κ2) is 8.96. The fourth-order valence-corrected chi connectivity index (χ4v) is 5.48. The van der Waals surface area contributed by atoms with Gasteiger partial charge in [0.15, 0.2) is 0 Å². The van der Waals surface area contributed by atoms with Gasteiger partial charge in [-0.25, -0.2) is 13.4 Å². The Hall–Kier alpha value is -2.39. The van der Waals surface area contributed by atoms with Gasteiger partial charge >= 0.3 is 0 Å². The van der Waals surface area contributed by atoms with Crippen LogP contribution >= 0.6 is 0 Å². The number of rotatable bonds is 7. The molecule has 0 saturated carbocycles. The van der Waals surface area contributed by atoms with Crippen molar-refractivity contribution >= 4 is 15.9 Å². The summed E-state index contributed by atoms with van der Waals surface area (Å²) in [5, 5.41) is 2.83. The molecule has 1 fully saturated rings. The number of benzene rings is 1. The average Bonchev–Trinajstić information content (AvgIpc) is 3.12. The number of aryl methyl sites for hydroxylation is 1. The number of amides is 1. The highest BCUT2D eigenvalue weighted by Gasteiger charge is 2.33. The molecule has 2 aromatic rings. The standard InChI is InChI=1S/C20H28N4O4S/c1-15-6-4-5-12-24(15)29(26,27)18-14-16(7-8-17(18)28-3)20(25)22-10-9-19-21-11-13-23(19)2/h7-8,11,13-15H,4-6,9-10,12H2,1-3H3,(H,22,25). The summed E-state index contributed by atoms with van der Waals surface area (Å²) in [4.78, 5) is 16.8. The zero-order valence-corrected chi connectivity index (χ0v) is 17.9. The molecule has 1 amide bonds. The molecule has 29 heavy (non-hydrogen) atoms. The first-order valence-electron chi connectivity index (χ1n) is 9.79. The molecule has 1 saturated heterocycles. The van der Waals surface area contributed by atoms with Crippen molar-refractivity contribution in [2.75, 3.05) is 20.2 Å². The number of carbonyl (C=O) groups excluding carboxylic acids is 1. The van der Waals surface area contributed by atoms with Crippen LogP contribution in [-0.2, 0) is 23.5 Å². The highest BCUT2D eigenvalue weighted by atomic mass is 32.2. The number of sulfonamides is 1. The van der Waals surface area contributed by atoms with Gasteiger partial charge in [-0.1, -0.05) is 6.42 Å². The molecule has 1 aromatic carbocycles. The highest BCUT2D eigenvalue weighted by molar-refractivity contribution is 7.89. The third-order valence-electron chi connectivity index (χ3n) is 5.31. The third-order valence-corrected chi connectivity index (χ3v) is 7.34. The molecule has 8 nitrogen and oxygen atoms in total. The van der Waals surface area contributed by atoms with Gasteiger partial charge in [-0.2, -0.15) is 4.31 Å². The molecule has 1 aliphatic rings. The summed E-state index contributed by atoms with van der Waals surface area (Å²) < 4.78 is 35.2. The number of piperidine rings is 1. The van der Waals surface area contributed by atoms with Gasteiger partial charge in [0.25, 0.3) is 5.91 Å². The third kappa shape index (κ3) is 4.62. The molecule has 1 N–H and O–H groups in total. The lowest BCUT2D eigenvalue weighted by Gasteiger charge is -2.32. The lowest BCUT2D eigenvalue weighted by molar-refractivity contribution is 0.0953. The number of methoxy groups -OCH3 is 1. The van der Waals surface area contributed by atoms with E-state index >= 15 is 0 Å². The summed E-state index contributed by atoms with van der Waals surface area (Å²) in [6.07, 6.45) is 6.82. The van der Waals surface area contributed by atoms with E-state index in [1.165, 1.54) is 23.5 Å². The zero-order chi connectivity index (χ0) is 21.0. The van der Waals surface area contributed by atoms with Crippen LogP contribution in [0, 0.1) is 0 Å². The van der Waals surface area contributed by atoms with E-state index < -0.39 is 10.0 Å². The smallest absolute Gasteiger partial charge is 0.251 e. The van der Waals surface area contributed by atoms with E-state index in [2.05, 4.69) is 10.3 Å². The van der Waals surface area contributed by atoms with Gasteiger partial charge in [0.1, 0.15) is 16.5 Å². The summed E-state index contributed by atoms with van der Waals surface area (Å²) in [6.45, 7) is 2.80. The summed E-state index contributed by atoms with van der Waals surface area (Å²) in [5.74, 6) is 0.778. The summed E-state index contributed by atoms with van der Waals surface area (Å²) in [7, 11) is -0.430. The minimum Gasteiger partial charge on any atom is -0.495 e. The quantitative estimate of drug-likeness (QED) is 0.739. The SMILES string of the molecule is COc1ccc(C(=O)NCCc2nccn2C)cc1S(=O)(=O)N1CCCCC1C. The van der Waals surface area contributed by atoms with Gasteiger partial charge in [-0.3, -0.25) is 4.79 Å². The van der Waals surface area contributed by atoms with E-state index in [-0.39, 0.29) is 28.2 Å². The number of hydrogen-bond acceptors (Lipinski definition) is 5. The molecule has 0 radical (unpaired) electrons. The number of nitrogens with zero attached hydrogens (tertiary/aromatic N) is 3. The topological polar surface area (TPSA) is 93.5 Å². The van der Waals surface area contributed by atoms with Crippen molar-refractivity contribution in [3.05, 3.63) is 42.0 Å². The van der Waals surface area contributed by atoms with Crippen LogP contribution in [-0.4, -0.2) is 54.4 Å². The molecular weight excluding hydrogens is 392 g/mol. The molecule has 3 rings (SSSR count). The molecule has 0 bridgehead atoms. The fraction of sp³-hybridized carbons (Fsp3) is 0.500. The number of nitrogens with one attached hydrogen (secondary N) is 1. The Bertz CT molecular complexity index is 971. The number of hydrogen-bond donors (Lipinski definition) is 1. The highest BCUT2D eigenvalue weighted by Crippen LogP contribution is 2.31. The van der Waals surface area contributed by atoms with E-state index in [0.29, 0.717) is 19.5 Å². The normalized spacial score (nSPS) is 17.8.